The van der Waals surface area contributed by atoms with Gasteiger partial charge in [0.1, 0.15) is 5.75 Å². The lowest BCUT2D eigenvalue weighted by Gasteiger charge is -2.30. The molecule has 1 aromatic carbocycles. The van der Waals surface area contributed by atoms with Gasteiger partial charge in [0.25, 0.3) is 0 Å². The van der Waals surface area contributed by atoms with Crippen LogP contribution in [0.5, 0.6) is 5.75 Å². The summed E-state index contributed by atoms with van der Waals surface area (Å²) in [7, 11) is 1.76. The van der Waals surface area contributed by atoms with Crippen molar-refractivity contribution in [2.45, 2.75) is 97.3 Å². The van der Waals surface area contributed by atoms with Crippen molar-refractivity contribution < 1.29 is 4.74 Å². The van der Waals surface area contributed by atoms with Crippen molar-refractivity contribution in [2.75, 3.05) is 7.11 Å². The van der Waals surface area contributed by atoms with Crippen molar-refractivity contribution in [2.24, 2.45) is 0 Å². The lowest BCUT2D eigenvalue weighted by atomic mass is 9.75. The van der Waals surface area contributed by atoms with Crippen LogP contribution in [0, 0.1) is 0 Å². The third kappa shape index (κ3) is 4.83. The summed E-state index contributed by atoms with van der Waals surface area (Å²) in [6.45, 7) is 13.7. The molecule has 0 aliphatic rings. The Bertz CT molecular complexity index is 749. The van der Waals surface area contributed by atoms with Crippen molar-refractivity contribution >= 4 is 10.9 Å². The van der Waals surface area contributed by atoms with E-state index in [1.807, 2.05) is 0 Å². The average Bonchev–Trinajstić information content (AvgIpc) is 2.69. The van der Waals surface area contributed by atoms with E-state index in [2.05, 4.69) is 65.8 Å². The Balaban J connectivity index is 2.42. The van der Waals surface area contributed by atoms with Crippen LogP contribution >= 0.6 is 0 Å². The summed E-state index contributed by atoms with van der Waals surface area (Å²) in [5, 5.41) is 1.19. The van der Waals surface area contributed by atoms with E-state index in [0.717, 1.165) is 29.8 Å². The largest absolute Gasteiger partial charge is 0.495 e. The second-order valence-electron chi connectivity index (χ2n) is 8.91. The average molecular weight is 370 g/mol. The van der Waals surface area contributed by atoms with Crippen molar-refractivity contribution in [3.63, 3.8) is 0 Å². The summed E-state index contributed by atoms with van der Waals surface area (Å²) in [4.78, 5) is 5.00. The number of methoxy groups -OCH3 is 1. The SMILES string of the molecule is CCCCCCC(C)(CC)c1ccc2nc(C(C)(C)CC)c(OC)cc2c1. The Morgan fingerprint density at radius 3 is 2.26 bits per heavy atom. The maximum absolute atomic E-state index is 5.72. The van der Waals surface area contributed by atoms with E-state index >= 15 is 0 Å². The molecule has 0 fully saturated rings. The minimum absolute atomic E-state index is 0.00934. The Hall–Kier alpha value is -1.57. The fourth-order valence-corrected chi connectivity index (χ4v) is 3.81. The van der Waals surface area contributed by atoms with Crippen LogP contribution in [0.4, 0.5) is 0 Å². The third-order valence-corrected chi connectivity index (χ3v) is 6.58. The zero-order valence-electron chi connectivity index (χ0n) is 18.6. The molecule has 0 N–H and O–H groups in total. The van der Waals surface area contributed by atoms with Crippen molar-refractivity contribution in [3.8, 4) is 5.75 Å². The highest BCUT2D eigenvalue weighted by Crippen LogP contribution is 2.38. The number of nitrogens with zero attached hydrogens (tertiary/aromatic N) is 1. The molecule has 0 radical (unpaired) electrons. The number of rotatable bonds is 10. The molecule has 0 saturated carbocycles. The van der Waals surface area contributed by atoms with E-state index in [1.54, 1.807) is 7.11 Å². The molecular formula is C25H39NO. The fourth-order valence-electron chi connectivity index (χ4n) is 3.81. The molecule has 2 aromatic rings. The van der Waals surface area contributed by atoms with Crippen LogP contribution in [0.2, 0.25) is 0 Å². The normalized spacial score (nSPS) is 14.3. The fraction of sp³-hybridized carbons (Fsp3) is 0.640. The van der Waals surface area contributed by atoms with Crippen molar-refractivity contribution in [1.82, 2.24) is 4.98 Å². The summed E-state index contributed by atoms with van der Waals surface area (Å²) in [6, 6.07) is 9.04. The van der Waals surface area contributed by atoms with Crippen LogP contribution in [0.15, 0.2) is 24.3 Å². The predicted molar refractivity (Wildman–Crippen MR) is 118 cm³/mol. The number of fused-ring (bicyclic) bond motifs is 1. The van der Waals surface area contributed by atoms with Gasteiger partial charge in [-0.1, -0.05) is 73.3 Å². The summed E-state index contributed by atoms with van der Waals surface area (Å²) < 4.78 is 5.72. The first-order valence-electron chi connectivity index (χ1n) is 10.8. The topological polar surface area (TPSA) is 22.1 Å². The first kappa shape index (κ1) is 21.7. The van der Waals surface area contributed by atoms with Crippen LogP contribution in [0.25, 0.3) is 10.9 Å². The van der Waals surface area contributed by atoms with Crippen LogP contribution in [-0.4, -0.2) is 12.1 Å². The number of unbranched alkanes of at least 4 members (excludes halogenated alkanes) is 3. The minimum Gasteiger partial charge on any atom is -0.495 e. The van der Waals surface area contributed by atoms with Crippen LogP contribution < -0.4 is 4.74 Å². The third-order valence-electron chi connectivity index (χ3n) is 6.58. The molecule has 0 bridgehead atoms. The molecule has 1 atom stereocenters. The smallest absolute Gasteiger partial charge is 0.141 e. The van der Waals surface area contributed by atoms with Gasteiger partial charge in [0.2, 0.25) is 0 Å². The van der Waals surface area contributed by atoms with Gasteiger partial charge in [-0.15, -0.1) is 0 Å². The Morgan fingerprint density at radius 1 is 0.926 bits per heavy atom. The molecule has 2 heteroatoms. The standard InChI is InChI=1S/C25H39NO/c1-8-11-12-13-16-25(6,10-3)20-14-15-21-19(17-20)18-22(27-7)23(26-21)24(4,5)9-2/h14-15,17-18H,8-13,16H2,1-7H3. The van der Waals surface area contributed by atoms with E-state index in [-0.39, 0.29) is 10.8 Å². The van der Waals surface area contributed by atoms with E-state index in [1.165, 1.54) is 43.1 Å². The van der Waals surface area contributed by atoms with E-state index in [9.17, 15) is 0 Å². The number of benzene rings is 1. The predicted octanol–water partition coefficient (Wildman–Crippen LogP) is 7.57. The zero-order valence-corrected chi connectivity index (χ0v) is 18.6. The molecule has 2 rings (SSSR count). The second-order valence-corrected chi connectivity index (χ2v) is 8.91. The van der Waals surface area contributed by atoms with Gasteiger partial charge < -0.3 is 4.74 Å². The van der Waals surface area contributed by atoms with Crippen molar-refractivity contribution in [1.29, 1.82) is 0 Å². The first-order chi connectivity index (χ1) is 12.8. The van der Waals surface area contributed by atoms with Gasteiger partial charge in [0, 0.05) is 10.8 Å². The molecule has 1 heterocycles. The number of aromatic nitrogens is 1. The van der Waals surface area contributed by atoms with Gasteiger partial charge in [-0.3, -0.25) is 0 Å². The maximum Gasteiger partial charge on any atom is 0.141 e. The van der Waals surface area contributed by atoms with Gasteiger partial charge >= 0.3 is 0 Å². The Labute approximate surface area is 166 Å². The molecule has 0 aliphatic carbocycles. The van der Waals surface area contributed by atoms with Gasteiger partial charge in [0.15, 0.2) is 0 Å². The van der Waals surface area contributed by atoms with Gasteiger partial charge in [-0.25, -0.2) is 4.98 Å². The first-order valence-corrected chi connectivity index (χ1v) is 10.8. The molecule has 1 aromatic heterocycles. The molecule has 2 nitrogen and oxygen atoms in total. The van der Waals surface area contributed by atoms with Crippen molar-refractivity contribution in [3.05, 3.63) is 35.5 Å². The molecule has 27 heavy (non-hydrogen) atoms. The highest BCUT2D eigenvalue weighted by atomic mass is 16.5. The summed E-state index contributed by atoms with van der Waals surface area (Å²) in [5.74, 6) is 0.910. The molecule has 0 aliphatic heterocycles. The maximum atomic E-state index is 5.72. The number of ether oxygens (including phenoxy) is 1. The van der Waals surface area contributed by atoms with E-state index in [4.69, 9.17) is 9.72 Å². The number of hydrogen-bond acceptors (Lipinski definition) is 2. The van der Waals surface area contributed by atoms with E-state index in [0.29, 0.717) is 0 Å². The van der Waals surface area contributed by atoms with Crippen LogP contribution in [0.3, 0.4) is 0 Å². The second kappa shape index (κ2) is 9.08. The lowest BCUT2D eigenvalue weighted by molar-refractivity contribution is 0.383. The van der Waals surface area contributed by atoms with Gasteiger partial charge in [0.05, 0.1) is 18.3 Å². The minimum atomic E-state index is 0.00934. The highest BCUT2D eigenvalue weighted by Gasteiger charge is 2.27. The lowest BCUT2D eigenvalue weighted by Crippen LogP contribution is -2.21. The Morgan fingerprint density at radius 2 is 1.67 bits per heavy atom. The monoisotopic (exact) mass is 369 g/mol. The summed E-state index contributed by atoms with van der Waals surface area (Å²) in [5.41, 5.74) is 3.80. The van der Waals surface area contributed by atoms with Crippen LogP contribution in [0.1, 0.15) is 97.7 Å². The quantitative estimate of drug-likeness (QED) is 0.403. The highest BCUT2D eigenvalue weighted by molar-refractivity contribution is 5.81. The van der Waals surface area contributed by atoms with E-state index < -0.39 is 0 Å². The summed E-state index contributed by atoms with van der Waals surface area (Å²) >= 11 is 0. The molecule has 0 spiro atoms. The molecule has 150 valence electrons. The number of pyridine rings is 1. The zero-order chi connectivity index (χ0) is 20.1. The van der Waals surface area contributed by atoms with Gasteiger partial charge in [-0.2, -0.15) is 0 Å². The van der Waals surface area contributed by atoms with Crippen LogP contribution in [-0.2, 0) is 10.8 Å². The Kier molecular flexibility index (Phi) is 7.31. The molecule has 0 amide bonds. The van der Waals surface area contributed by atoms with Gasteiger partial charge in [-0.05, 0) is 48.4 Å². The molecule has 0 saturated heterocycles. The molecule has 1 unspecified atom stereocenters. The summed E-state index contributed by atoms with van der Waals surface area (Å²) in [6.07, 6.45) is 8.73. The molecular weight excluding hydrogens is 330 g/mol. The number of hydrogen-bond donors (Lipinski definition) is 0.